The standard InChI is InChI=1S/C15H23NO2/c1-4-6-10-18-15(17)12-16(5-2)14-9-7-8-13(3)11-14/h7-9,11H,4-6,10,12H2,1-3H3. The van der Waals surface area contributed by atoms with Gasteiger partial charge in [-0.25, -0.2) is 0 Å². The Morgan fingerprint density at radius 1 is 1.33 bits per heavy atom. The van der Waals surface area contributed by atoms with E-state index in [1.807, 2.05) is 24.0 Å². The molecule has 0 bridgehead atoms. The minimum absolute atomic E-state index is 0.146. The van der Waals surface area contributed by atoms with Crippen molar-refractivity contribution >= 4 is 11.7 Å². The number of carbonyl (C=O) groups is 1. The summed E-state index contributed by atoms with van der Waals surface area (Å²) in [7, 11) is 0. The highest BCUT2D eigenvalue weighted by Gasteiger charge is 2.10. The molecule has 100 valence electrons. The lowest BCUT2D eigenvalue weighted by molar-refractivity contribution is -0.142. The van der Waals surface area contributed by atoms with Crippen LogP contribution < -0.4 is 4.90 Å². The van der Waals surface area contributed by atoms with Crippen molar-refractivity contribution in [1.82, 2.24) is 0 Å². The van der Waals surface area contributed by atoms with E-state index in [-0.39, 0.29) is 5.97 Å². The molecule has 0 aliphatic carbocycles. The smallest absolute Gasteiger partial charge is 0.325 e. The molecule has 0 saturated heterocycles. The van der Waals surface area contributed by atoms with E-state index in [9.17, 15) is 4.79 Å². The lowest BCUT2D eigenvalue weighted by Crippen LogP contribution is -2.31. The van der Waals surface area contributed by atoms with Crippen LogP contribution in [0, 0.1) is 6.92 Å². The Hall–Kier alpha value is -1.51. The minimum atomic E-state index is -0.146. The van der Waals surface area contributed by atoms with Gasteiger partial charge in [0.15, 0.2) is 0 Å². The van der Waals surface area contributed by atoms with Crippen molar-refractivity contribution < 1.29 is 9.53 Å². The zero-order valence-electron chi connectivity index (χ0n) is 11.6. The molecule has 0 fully saturated rings. The number of carbonyl (C=O) groups excluding carboxylic acids is 1. The first-order valence-corrected chi connectivity index (χ1v) is 6.64. The molecule has 1 aromatic rings. The molecule has 0 spiro atoms. The highest BCUT2D eigenvalue weighted by molar-refractivity contribution is 5.75. The Morgan fingerprint density at radius 2 is 2.11 bits per heavy atom. The van der Waals surface area contributed by atoms with Gasteiger partial charge in [-0.1, -0.05) is 25.5 Å². The van der Waals surface area contributed by atoms with Gasteiger partial charge in [0, 0.05) is 12.2 Å². The maximum Gasteiger partial charge on any atom is 0.325 e. The fraction of sp³-hybridized carbons (Fsp3) is 0.533. The van der Waals surface area contributed by atoms with Gasteiger partial charge < -0.3 is 9.64 Å². The van der Waals surface area contributed by atoms with Gasteiger partial charge in [0.05, 0.1) is 6.61 Å². The molecule has 3 heteroatoms. The van der Waals surface area contributed by atoms with Crippen molar-refractivity contribution in [3.8, 4) is 0 Å². The quantitative estimate of drug-likeness (QED) is 0.549. The van der Waals surface area contributed by atoms with Gasteiger partial charge in [0.2, 0.25) is 0 Å². The zero-order chi connectivity index (χ0) is 13.4. The number of benzene rings is 1. The first-order valence-electron chi connectivity index (χ1n) is 6.64. The number of hydrogen-bond acceptors (Lipinski definition) is 3. The van der Waals surface area contributed by atoms with Crippen molar-refractivity contribution in [2.24, 2.45) is 0 Å². The van der Waals surface area contributed by atoms with Crippen LogP contribution in [0.3, 0.4) is 0 Å². The highest BCUT2D eigenvalue weighted by atomic mass is 16.5. The molecule has 18 heavy (non-hydrogen) atoms. The summed E-state index contributed by atoms with van der Waals surface area (Å²) in [4.78, 5) is 13.7. The van der Waals surface area contributed by atoms with E-state index in [1.165, 1.54) is 5.56 Å². The number of aryl methyl sites for hydroxylation is 1. The summed E-state index contributed by atoms with van der Waals surface area (Å²) in [5.41, 5.74) is 2.27. The Balaban J connectivity index is 2.54. The topological polar surface area (TPSA) is 29.5 Å². The Kier molecular flexibility index (Phi) is 6.26. The normalized spacial score (nSPS) is 10.2. The number of unbranched alkanes of at least 4 members (excludes halogenated alkanes) is 1. The molecule has 0 radical (unpaired) electrons. The molecule has 0 aromatic heterocycles. The summed E-state index contributed by atoms with van der Waals surface area (Å²) >= 11 is 0. The third-order valence-corrected chi connectivity index (χ3v) is 2.83. The number of esters is 1. The number of ether oxygens (including phenoxy) is 1. The van der Waals surface area contributed by atoms with E-state index < -0.39 is 0 Å². The van der Waals surface area contributed by atoms with Crippen LogP contribution in [0.2, 0.25) is 0 Å². The Morgan fingerprint density at radius 3 is 2.72 bits per heavy atom. The second-order valence-corrected chi connectivity index (χ2v) is 4.43. The predicted octanol–water partition coefficient (Wildman–Crippen LogP) is 3.16. The van der Waals surface area contributed by atoms with E-state index in [0.29, 0.717) is 13.2 Å². The third-order valence-electron chi connectivity index (χ3n) is 2.83. The van der Waals surface area contributed by atoms with Gasteiger partial charge in [-0.05, 0) is 38.0 Å². The first kappa shape index (κ1) is 14.6. The second kappa shape index (κ2) is 7.75. The van der Waals surface area contributed by atoms with Gasteiger partial charge in [0.1, 0.15) is 6.54 Å². The molecule has 0 aliphatic heterocycles. The van der Waals surface area contributed by atoms with Crippen molar-refractivity contribution in [2.45, 2.75) is 33.6 Å². The van der Waals surface area contributed by atoms with Gasteiger partial charge in [-0.15, -0.1) is 0 Å². The van der Waals surface area contributed by atoms with Crippen LogP contribution in [0.1, 0.15) is 32.3 Å². The molecular weight excluding hydrogens is 226 g/mol. The molecule has 0 unspecified atom stereocenters. The summed E-state index contributed by atoms with van der Waals surface area (Å²) in [6, 6.07) is 8.17. The fourth-order valence-corrected chi connectivity index (χ4v) is 1.74. The van der Waals surface area contributed by atoms with Gasteiger partial charge in [0.25, 0.3) is 0 Å². The zero-order valence-corrected chi connectivity index (χ0v) is 11.6. The number of likely N-dealkylation sites (N-methyl/N-ethyl adjacent to an activating group) is 1. The molecule has 3 nitrogen and oxygen atoms in total. The molecule has 1 rings (SSSR count). The number of hydrogen-bond donors (Lipinski definition) is 0. The minimum Gasteiger partial charge on any atom is -0.464 e. The van der Waals surface area contributed by atoms with Crippen LogP contribution in [-0.2, 0) is 9.53 Å². The summed E-state index contributed by atoms with van der Waals surface area (Å²) < 4.78 is 5.19. The van der Waals surface area contributed by atoms with Crippen molar-refractivity contribution in [3.05, 3.63) is 29.8 Å². The van der Waals surface area contributed by atoms with Crippen molar-refractivity contribution in [2.75, 3.05) is 24.6 Å². The van der Waals surface area contributed by atoms with Crippen LogP contribution in [0.5, 0.6) is 0 Å². The average molecular weight is 249 g/mol. The molecule has 0 aliphatic rings. The number of rotatable bonds is 7. The first-order chi connectivity index (χ1) is 8.67. The van der Waals surface area contributed by atoms with Gasteiger partial charge in [-0.3, -0.25) is 4.79 Å². The van der Waals surface area contributed by atoms with Crippen LogP contribution in [0.15, 0.2) is 24.3 Å². The maximum atomic E-state index is 11.7. The Labute approximate surface area is 110 Å². The maximum absolute atomic E-state index is 11.7. The summed E-state index contributed by atoms with van der Waals surface area (Å²) in [6.45, 7) is 7.83. The molecule has 0 amide bonds. The van der Waals surface area contributed by atoms with Gasteiger partial charge >= 0.3 is 5.97 Å². The fourth-order valence-electron chi connectivity index (χ4n) is 1.74. The lowest BCUT2D eigenvalue weighted by Gasteiger charge is -2.22. The highest BCUT2D eigenvalue weighted by Crippen LogP contribution is 2.15. The van der Waals surface area contributed by atoms with Crippen LogP contribution in [0.4, 0.5) is 5.69 Å². The summed E-state index contributed by atoms with van der Waals surface area (Å²) in [5, 5.41) is 0. The van der Waals surface area contributed by atoms with Gasteiger partial charge in [-0.2, -0.15) is 0 Å². The predicted molar refractivity (Wildman–Crippen MR) is 74.9 cm³/mol. The summed E-state index contributed by atoms with van der Waals surface area (Å²) in [6.07, 6.45) is 1.98. The van der Waals surface area contributed by atoms with Crippen LogP contribution in [-0.4, -0.2) is 25.7 Å². The van der Waals surface area contributed by atoms with E-state index >= 15 is 0 Å². The lowest BCUT2D eigenvalue weighted by atomic mass is 10.2. The molecule has 0 saturated carbocycles. The molecule has 1 aromatic carbocycles. The van der Waals surface area contributed by atoms with Crippen LogP contribution in [0.25, 0.3) is 0 Å². The number of anilines is 1. The van der Waals surface area contributed by atoms with Crippen molar-refractivity contribution in [3.63, 3.8) is 0 Å². The summed E-state index contributed by atoms with van der Waals surface area (Å²) in [5.74, 6) is -0.146. The van der Waals surface area contributed by atoms with E-state index in [2.05, 4.69) is 26.0 Å². The van der Waals surface area contributed by atoms with Crippen LogP contribution >= 0.6 is 0 Å². The Bertz CT molecular complexity index is 377. The average Bonchev–Trinajstić information content (AvgIpc) is 2.36. The van der Waals surface area contributed by atoms with E-state index in [1.54, 1.807) is 0 Å². The molecule has 0 heterocycles. The molecule has 0 N–H and O–H groups in total. The second-order valence-electron chi connectivity index (χ2n) is 4.43. The van der Waals surface area contributed by atoms with Crippen molar-refractivity contribution in [1.29, 1.82) is 0 Å². The number of nitrogens with zero attached hydrogens (tertiary/aromatic N) is 1. The molecule has 0 atom stereocenters. The van der Waals surface area contributed by atoms with E-state index in [0.717, 1.165) is 25.1 Å². The third kappa shape index (κ3) is 4.78. The van der Waals surface area contributed by atoms with E-state index in [4.69, 9.17) is 4.74 Å². The monoisotopic (exact) mass is 249 g/mol. The largest absolute Gasteiger partial charge is 0.464 e. The molecular formula is C15H23NO2. The SMILES string of the molecule is CCCCOC(=O)CN(CC)c1cccc(C)c1.